The quantitative estimate of drug-likeness (QED) is 0.796. The average molecular weight is 249 g/mol. The normalized spacial score (nSPS) is 9.94. The number of nitrogens with one attached hydrogen (secondary N) is 1. The maximum atomic E-state index is 11.8. The number of carbonyl (C=O) groups is 1. The van der Waals surface area contributed by atoms with Crippen LogP contribution in [0, 0.1) is 0 Å². The molecule has 0 atom stereocenters. The van der Waals surface area contributed by atoms with Gasteiger partial charge in [0, 0.05) is 6.20 Å². The van der Waals surface area contributed by atoms with Gasteiger partial charge in [-0.1, -0.05) is 17.7 Å². The van der Waals surface area contributed by atoms with Gasteiger partial charge >= 0.3 is 0 Å². The fourth-order valence-corrected chi connectivity index (χ4v) is 1.42. The lowest BCUT2D eigenvalue weighted by atomic mass is 10.3. The van der Waals surface area contributed by atoms with E-state index in [1.54, 1.807) is 30.3 Å². The summed E-state index contributed by atoms with van der Waals surface area (Å²) in [6, 6.07) is 8.19. The third-order valence-electron chi connectivity index (χ3n) is 2.01. The van der Waals surface area contributed by atoms with E-state index in [4.69, 9.17) is 17.3 Å². The Morgan fingerprint density at radius 2 is 2.12 bits per heavy atom. The van der Waals surface area contributed by atoms with Gasteiger partial charge in [-0.25, -0.2) is 9.97 Å². The number of hydrogen-bond donors (Lipinski definition) is 2. The van der Waals surface area contributed by atoms with Gasteiger partial charge in [-0.3, -0.25) is 4.79 Å². The molecule has 2 rings (SSSR count). The number of nitrogen functional groups attached to an aromatic ring is 1. The van der Waals surface area contributed by atoms with Crippen LogP contribution in [0.3, 0.4) is 0 Å². The second-order valence-electron chi connectivity index (χ2n) is 3.24. The van der Waals surface area contributed by atoms with Crippen LogP contribution in [0.5, 0.6) is 0 Å². The van der Waals surface area contributed by atoms with Gasteiger partial charge in [0.15, 0.2) is 5.69 Å². The highest BCUT2D eigenvalue weighted by atomic mass is 35.5. The summed E-state index contributed by atoms with van der Waals surface area (Å²) in [6.07, 6.45) is 1.50. The van der Waals surface area contributed by atoms with Gasteiger partial charge in [-0.15, -0.1) is 0 Å². The van der Waals surface area contributed by atoms with E-state index in [9.17, 15) is 4.79 Å². The molecule has 3 N–H and O–H groups in total. The topological polar surface area (TPSA) is 80.9 Å². The number of nitrogens with zero attached hydrogens (tertiary/aromatic N) is 2. The Kier molecular flexibility index (Phi) is 3.20. The Morgan fingerprint density at radius 3 is 2.82 bits per heavy atom. The van der Waals surface area contributed by atoms with Gasteiger partial charge in [0.1, 0.15) is 11.0 Å². The fourth-order valence-electron chi connectivity index (χ4n) is 1.26. The van der Waals surface area contributed by atoms with E-state index in [1.807, 2.05) is 0 Å². The number of amides is 1. The molecule has 86 valence electrons. The summed E-state index contributed by atoms with van der Waals surface area (Å²) in [7, 11) is 0. The van der Waals surface area contributed by atoms with Crippen molar-refractivity contribution in [3.63, 3.8) is 0 Å². The lowest BCUT2D eigenvalue weighted by Crippen LogP contribution is -2.16. The molecule has 0 spiro atoms. The first-order valence-corrected chi connectivity index (χ1v) is 5.19. The second-order valence-corrected chi connectivity index (χ2v) is 3.63. The van der Waals surface area contributed by atoms with E-state index in [0.717, 1.165) is 0 Å². The van der Waals surface area contributed by atoms with Crippen molar-refractivity contribution >= 4 is 29.0 Å². The molecule has 17 heavy (non-hydrogen) atoms. The molecule has 0 radical (unpaired) electrons. The third-order valence-corrected chi connectivity index (χ3v) is 2.22. The molecule has 0 saturated heterocycles. The number of carbonyl (C=O) groups excluding carboxylic acids is 1. The molecule has 0 aromatic carbocycles. The summed E-state index contributed by atoms with van der Waals surface area (Å²) < 4.78 is 0. The second kappa shape index (κ2) is 4.80. The van der Waals surface area contributed by atoms with Gasteiger partial charge in [-0.05, 0) is 24.3 Å². The first-order valence-electron chi connectivity index (χ1n) is 4.81. The molecule has 5 nitrogen and oxygen atoms in total. The summed E-state index contributed by atoms with van der Waals surface area (Å²) in [5, 5.41) is 2.87. The molecule has 0 aliphatic rings. The Labute approximate surface area is 103 Å². The summed E-state index contributed by atoms with van der Waals surface area (Å²) >= 11 is 5.70. The molecule has 0 aliphatic carbocycles. The molecule has 0 unspecified atom stereocenters. The van der Waals surface area contributed by atoms with Crippen molar-refractivity contribution in [2.75, 3.05) is 11.1 Å². The molecule has 0 aliphatic heterocycles. The predicted molar refractivity (Wildman–Crippen MR) is 65.8 cm³/mol. The monoisotopic (exact) mass is 248 g/mol. The van der Waals surface area contributed by atoms with Crippen LogP contribution in [0.25, 0.3) is 0 Å². The lowest BCUT2D eigenvalue weighted by molar-refractivity contribution is 0.102. The predicted octanol–water partition coefficient (Wildman–Crippen LogP) is 1.96. The fraction of sp³-hybridized carbons (Fsp3) is 0. The van der Waals surface area contributed by atoms with E-state index in [0.29, 0.717) is 16.7 Å². The zero-order valence-electron chi connectivity index (χ0n) is 8.72. The zero-order valence-corrected chi connectivity index (χ0v) is 9.48. The first kappa shape index (κ1) is 11.3. The van der Waals surface area contributed by atoms with Gasteiger partial charge in [0.2, 0.25) is 0 Å². The molecule has 1 amide bonds. The van der Waals surface area contributed by atoms with Crippen molar-refractivity contribution in [1.29, 1.82) is 0 Å². The number of anilines is 2. The maximum absolute atomic E-state index is 11.8. The average Bonchev–Trinajstić information content (AvgIpc) is 2.29. The molecule has 0 fully saturated rings. The van der Waals surface area contributed by atoms with Crippen molar-refractivity contribution < 1.29 is 4.79 Å². The van der Waals surface area contributed by atoms with Crippen molar-refractivity contribution in [3.8, 4) is 0 Å². The van der Waals surface area contributed by atoms with Crippen molar-refractivity contribution in [1.82, 2.24) is 9.97 Å². The Balaban J connectivity index is 2.20. The summed E-state index contributed by atoms with van der Waals surface area (Å²) in [6.45, 7) is 0. The van der Waals surface area contributed by atoms with Crippen LogP contribution in [-0.4, -0.2) is 15.9 Å². The first-order chi connectivity index (χ1) is 8.16. The number of nitrogens with two attached hydrogens (primary N) is 1. The van der Waals surface area contributed by atoms with E-state index in [1.165, 1.54) is 6.20 Å². The minimum atomic E-state index is -0.419. The van der Waals surface area contributed by atoms with Crippen LogP contribution in [0.2, 0.25) is 5.15 Å². The molecule has 0 bridgehead atoms. The van der Waals surface area contributed by atoms with Crippen molar-refractivity contribution in [2.24, 2.45) is 0 Å². The number of aromatic nitrogens is 2. The molecule has 2 aromatic rings. The highest BCUT2D eigenvalue weighted by molar-refractivity contribution is 6.29. The largest absolute Gasteiger partial charge is 0.397 e. The molecule has 2 heterocycles. The van der Waals surface area contributed by atoms with E-state index < -0.39 is 5.91 Å². The molecule has 2 aromatic heterocycles. The number of hydrogen-bond acceptors (Lipinski definition) is 4. The number of pyridine rings is 2. The lowest BCUT2D eigenvalue weighted by Gasteiger charge is -2.05. The highest BCUT2D eigenvalue weighted by Gasteiger charge is 2.11. The van der Waals surface area contributed by atoms with E-state index in [2.05, 4.69) is 15.3 Å². The van der Waals surface area contributed by atoms with E-state index in [-0.39, 0.29) is 5.69 Å². The highest BCUT2D eigenvalue weighted by Crippen LogP contribution is 2.12. The van der Waals surface area contributed by atoms with Gasteiger partial charge < -0.3 is 11.1 Å². The minimum absolute atomic E-state index is 0.161. The van der Waals surface area contributed by atoms with Crippen LogP contribution < -0.4 is 11.1 Å². The van der Waals surface area contributed by atoms with Crippen LogP contribution in [0.15, 0.2) is 36.5 Å². The summed E-state index contributed by atoms with van der Waals surface area (Å²) in [5.41, 5.74) is 6.11. The van der Waals surface area contributed by atoms with Crippen molar-refractivity contribution in [2.45, 2.75) is 0 Å². The van der Waals surface area contributed by atoms with Crippen LogP contribution in [0.4, 0.5) is 11.5 Å². The molecular weight excluding hydrogens is 240 g/mol. The van der Waals surface area contributed by atoms with Crippen LogP contribution in [0.1, 0.15) is 10.5 Å². The van der Waals surface area contributed by atoms with Crippen LogP contribution in [-0.2, 0) is 0 Å². The third kappa shape index (κ3) is 2.70. The molecule has 6 heteroatoms. The Morgan fingerprint density at radius 1 is 1.29 bits per heavy atom. The minimum Gasteiger partial charge on any atom is -0.397 e. The van der Waals surface area contributed by atoms with E-state index >= 15 is 0 Å². The smallest absolute Gasteiger partial charge is 0.277 e. The zero-order chi connectivity index (χ0) is 12.3. The Hall–Kier alpha value is -2.14. The standard InChI is InChI=1S/C11H9ClN4O/c12-8-4-1-5-9(15-8)16-11(17)10-7(13)3-2-6-14-10/h1-6H,13H2,(H,15,16,17). The van der Waals surface area contributed by atoms with Gasteiger partial charge in [0.05, 0.1) is 5.69 Å². The summed E-state index contributed by atoms with van der Waals surface area (Å²) in [5.74, 6) is -0.0644. The molecular formula is C11H9ClN4O. The SMILES string of the molecule is Nc1cccnc1C(=O)Nc1cccc(Cl)n1. The van der Waals surface area contributed by atoms with Gasteiger partial charge in [-0.2, -0.15) is 0 Å². The van der Waals surface area contributed by atoms with Gasteiger partial charge in [0.25, 0.3) is 5.91 Å². The van der Waals surface area contributed by atoms with Crippen molar-refractivity contribution in [3.05, 3.63) is 47.4 Å². The maximum Gasteiger partial charge on any atom is 0.277 e. The number of halogens is 1. The number of rotatable bonds is 2. The van der Waals surface area contributed by atoms with Crippen LogP contribution >= 0.6 is 11.6 Å². The summed E-state index contributed by atoms with van der Waals surface area (Å²) in [4.78, 5) is 19.6. The molecule has 0 saturated carbocycles. The Bertz CT molecular complexity index is 559.